The largest absolute Gasteiger partial charge is 0.450 e. The van der Waals surface area contributed by atoms with Crippen LogP contribution in [0, 0.1) is 11.8 Å². The van der Waals surface area contributed by atoms with Crippen molar-refractivity contribution >= 4 is 12.2 Å². The van der Waals surface area contributed by atoms with Crippen LogP contribution >= 0.6 is 0 Å². The lowest BCUT2D eigenvalue weighted by Crippen LogP contribution is -2.39. The lowest BCUT2D eigenvalue weighted by Gasteiger charge is -2.34. The highest BCUT2D eigenvalue weighted by Gasteiger charge is 2.28. The van der Waals surface area contributed by atoms with Gasteiger partial charge in [0.2, 0.25) is 0 Å². The minimum absolute atomic E-state index is 0.278. The van der Waals surface area contributed by atoms with Gasteiger partial charge in [-0.2, -0.15) is 0 Å². The van der Waals surface area contributed by atoms with Gasteiger partial charge in [0.25, 0.3) is 0 Å². The molecule has 0 aromatic carbocycles. The summed E-state index contributed by atoms with van der Waals surface area (Å²) in [6.45, 7) is 4.50. The average molecular weight is 354 g/mol. The summed E-state index contributed by atoms with van der Waals surface area (Å²) in [5.41, 5.74) is 0. The Kier molecular flexibility index (Phi) is 8.35. The highest BCUT2D eigenvalue weighted by atomic mass is 16.6. The van der Waals surface area contributed by atoms with Crippen molar-refractivity contribution in [2.45, 2.75) is 83.7 Å². The number of alkyl carbamates (subject to hydrolysis) is 2. The molecule has 2 aliphatic carbocycles. The van der Waals surface area contributed by atoms with E-state index < -0.39 is 0 Å². The van der Waals surface area contributed by atoms with Crippen LogP contribution in [0.5, 0.6) is 0 Å². The Hall–Kier alpha value is -1.46. The van der Waals surface area contributed by atoms with Gasteiger partial charge in [0.05, 0.1) is 13.2 Å². The topological polar surface area (TPSA) is 76.7 Å². The third kappa shape index (κ3) is 7.12. The fraction of sp³-hybridized carbons (Fsp3) is 0.895. The van der Waals surface area contributed by atoms with Gasteiger partial charge in [-0.15, -0.1) is 0 Å². The van der Waals surface area contributed by atoms with Crippen molar-refractivity contribution in [3.63, 3.8) is 0 Å². The molecule has 0 aliphatic heterocycles. The maximum atomic E-state index is 11.5. The number of hydrogen-bond acceptors (Lipinski definition) is 4. The van der Waals surface area contributed by atoms with E-state index in [-0.39, 0.29) is 24.3 Å². The second-order valence-electron chi connectivity index (χ2n) is 7.40. The van der Waals surface area contributed by atoms with Gasteiger partial charge in [-0.05, 0) is 83.5 Å². The third-order valence-corrected chi connectivity index (χ3v) is 5.55. The Morgan fingerprint density at radius 2 is 1.08 bits per heavy atom. The normalized spacial score (nSPS) is 29.5. The summed E-state index contributed by atoms with van der Waals surface area (Å²) in [6, 6.07) is 0.555. The van der Waals surface area contributed by atoms with E-state index in [2.05, 4.69) is 10.6 Å². The molecule has 6 heteroatoms. The molecule has 2 amide bonds. The molecule has 0 aromatic heterocycles. The molecular weight excluding hydrogens is 320 g/mol. The predicted octanol–water partition coefficient (Wildman–Crippen LogP) is 3.99. The van der Waals surface area contributed by atoms with Crippen LogP contribution in [-0.2, 0) is 9.47 Å². The molecule has 0 saturated heterocycles. The van der Waals surface area contributed by atoms with Gasteiger partial charge in [-0.3, -0.25) is 0 Å². The van der Waals surface area contributed by atoms with E-state index in [0.29, 0.717) is 13.2 Å². The first-order valence-electron chi connectivity index (χ1n) is 9.97. The molecule has 0 unspecified atom stereocenters. The summed E-state index contributed by atoms with van der Waals surface area (Å²) in [4.78, 5) is 23.0. The molecule has 2 rings (SSSR count). The first-order valence-corrected chi connectivity index (χ1v) is 9.97. The number of carbonyl (C=O) groups excluding carboxylic acids is 2. The number of rotatable bonds is 6. The van der Waals surface area contributed by atoms with Crippen molar-refractivity contribution in [1.82, 2.24) is 10.6 Å². The highest BCUT2D eigenvalue weighted by Crippen LogP contribution is 2.35. The zero-order valence-electron chi connectivity index (χ0n) is 15.7. The van der Waals surface area contributed by atoms with Crippen LogP contribution < -0.4 is 10.6 Å². The second kappa shape index (κ2) is 10.5. The number of ether oxygens (including phenoxy) is 2. The SMILES string of the molecule is CCOC(=O)NC1CCC(CC2CCC(NC(=O)OCC)CC2)CC1. The molecule has 2 fully saturated rings. The lowest BCUT2D eigenvalue weighted by molar-refractivity contribution is 0.138. The number of nitrogens with one attached hydrogen (secondary N) is 2. The standard InChI is InChI=1S/C19H34N2O4/c1-3-24-18(22)20-16-9-5-14(6-10-16)13-15-7-11-17(12-8-15)21-19(23)25-4-2/h14-17H,3-13H2,1-2H3,(H,20,22)(H,21,23). The molecular formula is C19H34N2O4. The first kappa shape index (κ1) is 19.9. The van der Waals surface area contributed by atoms with E-state index in [1.807, 2.05) is 13.8 Å². The molecule has 0 heterocycles. The van der Waals surface area contributed by atoms with Gasteiger partial charge in [-0.1, -0.05) is 0 Å². The van der Waals surface area contributed by atoms with Gasteiger partial charge in [0.1, 0.15) is 0 Å². The minimum Gasteiger partial charge on any atom is -0.450 e. The minimum atomic E-state index is -0.279. The Bertz CT molecular complexity index is 376. The summed E-state index contributed by atoms with van der Waals surface area (Å²) in [5, 5.41) is 5.93. The zero-order valence-corrected chi connectivity index (χ0v) is 15.7. The molecule has 25 heavy (non-hydrogen) atoms. The smallest absolute Gasteiger partial charge is 0.407 e. The quantitative estimate of drug-likeness (QED) is 0.756. The molecule has 0 spiro atoms. The van der Waals surface area contributed by atoms with Crippen molar-refractivity contribution in [3.05, 3.63) is 0 Å². The van der Waals surface area contributed by atoms with Crippen LogP contribution in [0.2, 0.25) is 0 Å². The first-order chi connectivity index (χ1) is 12.1. The van der Waals surface area contributed by atoms with Crippen molar-refractivity contribution in [1.29, 1.82) is 0 Å². The van der Waals surface area contributed by atoms with Crippen LogP contribution in [0.25, 0.3) is 0 Å². The summed E-state index contributed by atoms with van der Waals surface area (Å²) in [6.07, 6.45) is 9.74. The Morgan fingerprint density at radius 1 is 0.720 bits per heavy atom. The van der Waals surface area contributed by atoms with Crippen LogP contribution in [-0.4, -0.2) is 37.5 Å². The van der Waals surface area contributed by atoms with Gasteiger partial charge < -0.3 is 20.1 Å². The monoisotopic (exact) mass is 354 g/mol. The fourth-order valence-electron chi connectivity index (χ4n) is 4.24. The maximum Gasteiger partial charge on any atom is 0.407 e. The summed E-state index contributed by atoms with van der Waals surface area (Å²) in [5.74, 6) is 1.56. The summed E-state index contributed by atoms with van der Waals surface area (Å²) >= 11 is 0. The molecule has 0 bridgehead atoms. The van der Waals surface area contributed by atoms with Crippen molar-refractivity contribution in [2.24, 2.45) is 11.8 Å². The predicted molar refractivity (Wildman–Crippen MR) is 96.4 cm³/mol. The van der Waals surface area contributed by atoms with Crippen LogP contribution in [0.1, 0.15) is 71.6 Å². The molecule has 0 aromatic rings. The van der Waals surface area contributed by atoms with Crippen molar-refractivity contribution < 1.29 is 19.1 Å². The average Bonchev–Trinajstić information content (AvgIpc) is 2.59. The Labute approximate surface area is 151 Å². The van der Waals surface area contributed by atoms with E-state index in [9.17, 15) is 9.59 Å². The van der Waals surface area contributed by atoms with E-state index in [0.717, 1.165) is 37.5 Å². The van der Waals surface area contributed by atoms with Gasteiger partial charge in [0, 0.05) is 12.1 Å². The molecule has 144 valence electrons. The Morgan fingerprint density at radius 3 is 1.40 bits per heavy atom. The van der Waals surface area contributed by atoms with Crippen LogP contribution in [0.4, 0.5) is 9.59 Å². The number of hydrogen-bond donors (Lipinski definition) is 2. The van der Waals surface area contributed by atoms with Crippen LogP contribution in [0.3, 0.4) is 0 Å². The molecule has 2 aliphatic rings. The number of amides is 2. The summed E-state index contributed by atoms with van der Waals surface area (Å²) < 4.78 is 9.91. The maximum absolute atomic E-state index is 11.5. The van der Waals surface area contributed by atoms with E-state index in [4.69, 9.17) is 9.47 Å². The zero-order chi connectivity index (χ0) is 18.1. The van der Waals surface area contributed by atoms with Crippen LogP contribution in [0.15, 0.2) is 0 Å². The van der Waals surface area contributed by atoms with Crippen molar-refractivity contribution in [3.8, 4) is 0 Å². The molecule has 2 N–H and O–H groups in total. The Balaban J connectivity index is 1.60. The molecule has 6 nitrogen and oxygen atoms in total. The lowest BCUT2D eigenvalue weighted by atomic mass is 9.76. The molecule has 2 saturated carbocycles. The van der Waals surface area contributed by atoms with E-state index >= 15 is 0 Å². The van der Waals surface area contributed by atoms with E-state index in [1.165, 1.54) is 32.1 Å². The van der Waals surface area contributed by atoms with Gasteiger partial charge in [-0.25, -0.2) is 9.59 Å². The van der Waals surface area contributed by atoms with E-state index in [1.54, 1.807) is 0 Å². The molecule has 0 radical (unpaired) electrons. The van der Waals surface area contributed by atoms with Crippen molar-refractivity contribution in [2.75, 3.05) is 13.2 Å². The summed E-state index contributed by atoms with van der Waals surface area (Å²) in [7, 11) is 0. The fourth-order valence-corrected chi connectivity index (χ4v) is 4.24. The molecule has 0 atom stereocenters. The third-order valence-electron chi connectivity index (χ3n) is 5.55. The van der Waals surface area contributed by atoms with Gasteiger partial charge in [0.15, 0.2) is 0 Å². The highest BCUT2D eigenvalue weighted by molar-refractivity contribution is 5.67. The number of carbonyl (C=O) groups is 2. The van der Waals surface area contributed by atoms with Gasteiger partial charge >= 0.3 is 12.2 Å². The second-order valence-corrected chi connectivity index (χ2v) is 7.40.